The van der Waals surface area contributed by atoms with Gasteiger partial charge in [-0.05, 0) is 12.1 Å². The van der Waals surface area contributed by atoms with Crippen LogP contribution in [-0.4, -0.2) is 27.1 Å². The van der Waals surface area contributed by atoms with Crippen molar-refractivity contribution in [2.75, 3.05) is 0 Å². The lowest BCUT2D eigenvalue weighted by atomic mass is 10.2. The van der Waals surface area contributed by atoms with Crippen LogP contribution in [0.4, 0.5) is 0 Å². The van der Waals surface area contributed by atoms with Gasteiger partial charge < -0.3 is 14.7 Å². The first-order valence-corrected chi connectivity index (χ1v) is 4.11. The zero-order valence-electron chi connectivity index (χ0n) is 7.58. The van der Waals surface area contributed by atoms with Gasteiger partial charge in [-0.25, -0.2) is 0 Å². The molecule has 1 heterocycles. The number of hydrogen-bond acceptors (Lipinski definition) is 4. The molecule has 0 radical (unpaired) electrons. The number of rotatable bonds is 2. The molecule has 5 nitrogen and oxygen atoms in total. The number of benzene rings is 1. The Bertz CT molecular complexity index is 455. The predicted molar refractivity (Wildman–Crippen MR) is 51.5 cm³/mol. The molecule has 0 bridgehead atoms. The molecule has 0 saturated carbocycles. The molecule has 6 heteroatoms. The molecular formula is C8H9BN2O3. The summed E-state index contributed by atoms with van der Waals surface area (Å²) < 4.78 is 6.38. The Hall–Kier alpha value is -1.53. The van der Waals surface area contributed by atoms with E-state index in [-0.39, 0.29) is 0 Å². The Balaban J connectivity index is 2.40. The monoisotopic (exact) mass is 192 g/mol. The molecule has 0 fully saturated rings. The van der Waals surface area contributed by atoms with Gasteiger partial charge >= 0.3 is 7.32 Å². The van der Waals surface area contributed by atoms with Crippen LogP contribution in [0.25, 0.3) is 10.9 Å². The van der Waals surface area contributed by atoms with Crippen molar-refractivity contribution in [3.05, 3.63) is 24.4 Å². The van der Waals surface area contributed by atoms with Crippen LogP contribution in [0, 0.1) is 0 Å². The molecule has 72 valence electrons. The van der Waals surface area contributed by atoms with Crippen LogP contribution in [0.15, 0.2) is 24.4 Å². The summed E-state index contributed by atoms with van der Waals surface area (Å²) in [5, 5.41) is 22.3. The number of aryl methyl sites for hydroxylation is 1. The van der Waals surface area contributed by atoms with E-state index in [0.717, 1.165) is 10.9 Å². The first kappa shape index (κ1) is 9.05. The van der Waals surface area contributed by atoms with Gasteiger partial charge in [0.1, 0.15) is 5.75 Å². The average molecular weight is 192 g/mol. The van der Waals surface area contributed by atoms with Crippen LogP contribution >= 0.6 is 0 Å². The van der Waals surface area contributed by atoms with Crippen molar-refractivity contribution in [3.8, 4) is 5.75 Å². The normalized spacial score (nSPS) is 10.5. The number of fused-ring (bicyclic) bond motifs is 1. The third-order valence-corrected chi connectivity index (χ3v) is 1.83. The second-order valence-corrected chi connectivity index (χ2v) is 2.97. The highest BCUT2D eigenvalue weighted by atomic mass is 16.6. The Morgan fingerprint density at radius 3 is 2.93 bits per heavy atom. The lowest BCUT2D eigenvalue weighted by molar-refractivity contribution is 0.288. The van der Waals surface area contributed by atoms with E-state index in [0.29, 0.717) is 5.75 Å². The van der Waals surface area contributed by atoms with Gasteiger partial charge in [0.05, 0.1) is 5.52 Å². The third kappa shape index (κ3) is 1.71. The average Bonchev–Trinajstić information content (AvgIpc) is 2.42. The Morgan fingerprint density at radius 2 is 2.21 bits per heavy atom. The summed E-state index contributed by atoms with van der Waals surface area (Å²) in [7, 11) is 0.0256. The van der Waals surface area contributed by atoms with Gasteiger partial charge in [0.25, 0.3) is 0 Å². The molecule has 0 aliphatic carbocycles. The maximum Gasteiger partial charge on any atom is 0.707 e. The highest BCUT2D eigenvalue weighted by molar-refractivity contribution is 6.33. The van der Waals surface area contributed by atoms with Crippen LogP contribution in [0.1, 0.15) is 0 Å². The largest absolute Gasteiger partial charge is 0.707 e. The summed E-state index contributed by atoms with van der Waals surface area (Å²) in [5.41, 5.74) is 0.755. The molecule has 14 heavy (non-hydrogen) atoms. The maximum atomic E-state index is 8.59. The Labute approximate surface area is 80.7 Å². The smallest absolute Gasteiger partial charge is 0.512 e. The number of aromatic nitrogens is 2. The zero-order valence-corrected chi connectivity index (χ0v) is 7.58. The Kier molecular flexibility index (Phi) is 2.15. The molecule has 0 saturated heterocycles. The minimum Gasteiger partial charge on any atom is -0.512 e. The number of nitrogens with zero attached hydrogens (tertiary/aromatic N) is 2. The van der Waals surface area contributed by atoms with Crippen molar-refractivity contribution in [3.63, 3.8) is 0 Å². The topological polar surface area (TPSA) is 67.5 Å². The van der Waals surface area contributed by atoms with Gasteiger partial charge in [-0.15, -0.1) is 0 Å². The van der Waals surface area contributed by atoms with Crippen molar-refractivity contribution in [1.82, 2.24) is 9.78 Å². The second-order valence-electron chi connectivity index (χ2n) is 2.97. The van der Waals surface area contributed by atoms with Gasteiger partial charge in [-0.2, -0.15) is 5.10 Å². The van der Waals surface area contributed by atoms with E-state index in [1.54, 1.807) is 22.9 Å². The van der Waals surface area contributed by atoms with Crippen LogP contribution in [-0.2, 0) is 7.05 Å². The van der Waals surface area contributed by atoms with Crippen molar-refractivity contribution in [2.45, 2.75) is 0 Å². The van der Waals surface area contributed by atoms with Crippen LogP contribution in [0.5, 0.6) is 5.75 Å². The van der Waals surface area contributed by atoms with Crippen LogP contribution in [0.3, 0.4) is 0 Å². The van der Waals surface area contributed by atoms with Crippen molar-refractivity contribution in [2.24, 2.45) is 7.05 Å². The van der Waals surface area contributed by atoms with Crippen molar-refractivity contribution in [1.29, 1.82) is 0 Å². The summed E-state index contributed by atoms with van der Waals surface area (Å²) in [4.78, 5) is 0. The highest BCUT2D eigenvalue weighted by Crippen LogP contribution is 2.19. The molecule has 0 spiro atoms. The summed E-state index contributed by atoms with van der Waals surface area (Å²) >= 11 is 0. The summed E-state index contributed by atoms with van der Waals surface area (Å²) in [6.07, 6.45) is 1.87. The van der Waals surface area contributed by atoms with Crippen LogP contribution in [0.2, 0.25) is 0 Å². The van der Waals surface area contributed by atoms with E-state index < -0.39 is 7.32 Å². The SMILES string of the molecule is Cn1cc2ccc(OB(O)O)cc2n1. The Morgan fingerprint density at radius 1 is 1.43 bits per heavy atom. The quantitative estimate of drug-likeness (QED) is 0.653. The molecule has 2 N–H and O–H groups in total. The van der Waals surface area contributed by atoms with Crippen molar-refractivity contribution >= 4 is 18.2 Å². The molecule has 0 aliphatic heterocycles. The van der Waals surface area contributed by atoms with Crippen molar-refractivity contribution < 1.29 is 14.7 Å². The molecule has 0 amide bonds. The van der Waals surface area contributed by atoms with Gasteiger partial charge in [0.2, 0.25) is 0 Å². The van der Waals surface area contributed by atoms with E-state index in [1.165, 1.54) is 0 Å². The van der Waals surface area contributed by atoms with Gasteiger partial charge in [-0.1, -0.05) is 0 Å². The fraction of sp³-hybridized carbons (Fsp3) is 0.125. The number of hydrogen-bond donors (Lipinski definition) is 2. The fourth-order valence-corrected chi connectivity index (χ4v) is 1.31. The van der Waals surface area contributed by atoms with E-state index in [2.05, 4.69) is 5.10 Å². The lowest BCUT2D eigenvalue weighted by Crippen LogP contribution is -2.20. The van der Waals surface area contributed by atoms with E-state index in [1.807, 2.05) is 13.2 Å². The molecule has 0 atom stereocenters. The minimum absolute atomic E-state index is 0.381. The van der Waals surface area contributed by atoms with Gasteiger partial charge in [-0.3, -0.25) is 4.68 Å². The van der Waals surface area contributed by atoms with Gasteiger partial charge in [0, 0.05) is 24.7 Å². The predicted octanol–water partition coefficient (Wildman–Crippen LogP) is -0.0784. The second kappa shape index (κ2) is 3.32. The minimum atomic E-state index is -1.80. The molecule has 2 rings (SSSR count). The van der Waals surface area contributed by atoms with E-state index in [4.69, 9.17) is 14.7 Å². The molecule has 2 aromatic rings. The van der Waals surface area contributed by atoms with Gasteiger partial charge in [0.15, 0.2) is 0 Å². The van der Waals surface area contributed by atoms with E-state index >= 15 is 0 Å². The first-order valence-electron chi connectivity index (χ1n) is 4.11. The lowest BCUT2D eigenvalue weighted by Gasteiger charge is -2.02. The standard InChI is InChI=1S/C8H9BN2O3/c1-11-5-6-2-3-7(14-9(12)13)4-8(6)10-11/h2-5,12-13H,1H3. The molecule has 1 aromatic heterocycles. The fourth-order valence-electron chi connectivity index (χ4n) is 1.31. The molecule has 1 aromatic carbocycles. The summed E-state index contributed by atoms with van der Waals surface area (Å²) in [6.45, 7) is 0. The van der Waals surface area contributed by atoms with Crippen LogP contribution < -0.4 is 4.65 Å². The highest BCUT2D eigenvalue weighted by Gasteiger charge is 2.11. The zero-order chi connectivity index (χ0) is 10.1. The third-order valence-electron chi connectivity index (χ3n) is 1.83. The molecule has 0 unspecified atom stereocenters. The molecule has 0 aliphatic rings. The first-order chi connectivity index (χ1) is 6.65. The summed E-state index contributed by atoms with van der Waals surface area (Å²) in [6, 6.07) is 5.11. The maximum absolute atomic E-state index is 8.59. The van der Waals surface area contributed by atoms with E-state index in [9.17, 15) is 0 Å². The summed E-state index contributed by atoms with van der Waals surface area (Å²) in [5.74, 6) is 0.381. The molecular weight excluding hydrogens is 183 g/mol.